The van der Waals surface area contributed by atoms with Gasteiger partial charge in [-0.1, -0.05) is 48.5 Å². The average molecular weight is 215 g/mol. The van der Waals surface area contributed by atoms with Crippen LogP contribution in [-0.2, 0) is 0 Å². The van der Waals surface area contributed by atoms with E-state index in [1.54, 1.807) is 0 Å². The third-order valence-corrected chi connectivity index (χ3v) is 3.84. The van der Waals surface area contributed by atoms with Gasteiger partial charge in [-0.25, -0.2) is 0 Å². The highest BCUT2D eigenvalue weighted by atomic mass is 16.3. The van der Waals surface area contributed by atoms with Crippen LogP contribution in [0.4, 0.5) is 0 Å². The zero-order valence-electron chi connectivity index (χ0n) is 11.5. The summed E-state index contributed by atoms with van der Waals surface area (Å²) < 4.78 is 0. The first-order valence-electron chi connectivity index (χ1n) is 5.96. The molecule has 0 aromatic rings. The highest BCUT2D eigenvalue weighted by Crippen LogP contribution is 2.37. The molecule has 1 unspecified atom stereocenters. The SMILES string of the molecule is CC(C)C(CO)NCC(C)(C)C(C)(C)C. The van der Waals surface area contributed by atoms with Crippen LogP contribution in [0.2, 0.25) is 0 Å². The molecule has 0 aliphatic rings. The summed E-state index contributed by atoms with van der Waals surface area (Å²) in [6.45, 7) is 16.8. The summed E-state index contributed by atoms with van der Waals surface area (Å²) in [5, 5.41) is 12.7. The van der Waals surface area contributed by atoms with Crippen LogP contribution >= 0.6 is 0 Å². The van der Waals surface area contributed by atoms with E-state index in [-0.39, 0.29) is 23.5 Å². The maximum absolute atomic E-state index is 9.23. The lowest BCUT2D eigenvalue weighted by atomic mass is 9.69. The fraction of sp³-hybridized carbons (Fsp3) is 1.00. The van der Waals surface area contributed by atoms with Gasteiger partial charge < -0.3 is 10.4 Å². The smallest absolute Gasteiger partial charge is 0.0587 e. The second kappa shape index (κ2) is 5.31. The summed E-state index contributed by atoms with van der Waals surface area (Å²) >= 11 is 0. The predicted molar refractivity (Wildman–Crippen MR) is 67.0 cm³/mol. The molecule has 0 radical (unpaired) electrons. The van der Waals surface area contributed by atoms with Crippen molar-refractivity contribution >= 4 is 0 Å². The molecule has 2 heteroatoms. The second-order valence-electron chi connectivity index (χ2n) is 6.55. The molecule has 2 nitrogen and oxygen atoms in total. The Labute approximate surface area is 95.5 Å². The highest BCUT2D eigenvalue weighted by molar-refractivity contribution is 4.85. The lowest BCUT2D eigenvalue weighted by molar-refractivity contribution is 0.111. The predicted octanol–water partition coefficient (Wildman–Crippen LogP) is 2.67. The van der Waals surface area contributed by atoms with E-state index in [1.165, 1.54) is 0 Å². The Morgan fingerprint density at radius 3 is 1.80 bits per heavy atom. The molecule has 0 aromatic heterocycles. The van der Waals surface area contributed by atoms with Crippen molar-refractivity contribution in [2.75, 3.05) is 13.2 Å². The molecule has 0 saturated carbocycles. The molecule has 0 spiro atoms. The molecule has 0 aliphatic carbocycles. The zero-order chi connectivity index (χ0) is 12.3. The Hall–Kier alpha value is -0.0800. The third kappa shape index (κ3) is 4.52. The van der Waals surface area contributed by atoms with Gasteiger partial charge in [0.1, 0.15) is 0 Å². The standard InChI is InChI=1S/C13H29NO/c1-10(2)11(8-15)14-9-13(6,7)12(3,4)5/h10-11,14-15H,8-9H2,1-7H3. The lowest BCUT2D eigenvalue weighted by Gasteiger charge is -2.40. The van der Waals surface area contributed by atoms with Crippen LogP contribution in [0.1, 0.15) is 48.5 Å². The van der Waals surface area contributed by atoms with Crippen molar-refractivity contribution in [1.82, 2.24) is 5.32 Å². The van der Waals surface area contributed by atoms with E-state index in [2.05, 4.69) is 53.8 Å². The molecule has 1 atom stereocenters. The van der Waals surface area contributed by atoms with Gasteiger partial charge in [0.2, 0.25) is 0 Å². The van der Waals surface area contributed by atoms with Gasteiger partial charge in [-0.3, -0.25) is 0 Å². The molecule has 15 heavy (non-hydrogen) atoms. The molecule has 0 heterocycles. The molecule has 0 aliphatic heterocycles. The maximum Gasteiger partial charge on any atom is 0.0587 e. The lowest BCUT2D eigenvalue weighted by Crippen LogP contribution is -2.46. The molecule has 2 N–H and O–H groups in total. The average Bonchev–Trinajstić information content (AvgIpc) is 2.02. The third-order valence-electron chi connectivity index (χ3n) is 3.84. The van der Waals surface area contributed by atoms with Gasteiger partial charge in [0.25, 0.3) is 0 Å². The minimum atomic E-state index is 0.214. The summed E-state index contributed by atoms with van der Waals surface area (Å²) in [6.07, 6.45) is 0. The van der Waals surface area contributed by atoms with Crippen LogP contribution < -0.4 is 5.32 Å². The van der Waals surface area contributed by atoms with Crippen LogP contribution in [-0.4, -0.2) is 24.3 Å². The fourth-order valence-electron chi connectivity index (χ4n) is 1.16. The van der Waals surface area contributed by atoms with E-state index in [0.717, 1.165) is 6.54 Å². The van der Waals surface area contributed by atoms with Crippen molar-refractivity contribution < 1.29 is 5.11 Å². The van der Waals surface area contributed by atoms with E-state index >= 15 is 0 Å². The minimum absolute atomic E-state index is 0.214. The van der Waals surface area contributed by atoms with Crippen molar-refractivity contribution in [3.63, 3.8) is 0 Å². The molecular formula is C13H29NO. The second-order valence-corrected chi connectivity index (χ2v) is 6.55. The van der Waals surface area contributed by atoms with Crippen molar-refractivity contribution in [2.45, 2.75) is 54.5 Å². The summed E-state index contributed by atoms with van der Waals surface area (Å²) in [6, 6.07) is 0.214. The van der Waals surface area contributed by atoms with Gasteiger partial charge in [-0.2, -0.15) is 0 Å². The summed E-state index contributed by atoms with van der Waals surface area (Å²) in [5.41, 5.74) is 0.506. The van der Waals surface area contributed by atoms with Crippen LogP contribution in [0.5, 0.6) is 0 Å². The molecule has 0 amide bonds. The molecule has 0 aromatic carbocycles. The van der Waals surface area contributed by atoms with Gasteiger partial charge in [-0.05, 0) is 16.7 Å². The molecule has 0 rings (SSSR count). The maximum atomic E-state index is 9.23. The molecule has 0 bridgehead atoms. The number of nitrogens with one attached hydrogen (secondary N) is 1. The molecular weight excluding hydrogens is 186 g/mol. The van der Waals surface area contributed by atoms with E-state index < -0.39 is 0 Å². The quantitative estimate of drug-likeness (QED) is 0.739. The number of hydrogen-bond donors (Lipinski definition) is 2. The highest BCUT2D eigenvalue weighted by Gasteiger charge is 2.33. The van der Waals surface area contributed by atoms with Crippen LogP contribution in [0.3, 0.4) is 0 Å². The van der Waals surface area contributed by atoms with Gasteiger partial charge in [0, 0.05) is 12.6 Å². The number of aliphatic hydroxyl groups excluding tert-OH is 1. The van der Waals surface area contributed by atoms with Gasteiger partial charge in [0.15, 0.2) is 0 Å². The number of rotatable bonds is 5. The first kappa shape index (κ1) is 14.9. The first-order valence-corrected chi connectivity index (χ1v) is 5.96. The fourth-order valence-corrected chi connectivity index (χ4v) is 1.16. The molecule has 0 saturated heterocycles. The monoisotopic (exact) mass is 215 g/mol. The van der Waals surface area contributed by atoms with Crippen molar-refractivity contribution in [1.29, 1.82) is 0 Å². The van der Waals surface area contributed by atoms with E-state index in [9.17, 15) is 5.11 Å². The van der Waals surface area contributed by atoms with Crippen LogP contribution in [0, 0.1) is 16.7 Å². The van der Waals surface area contributed by atoms with E-state index in [4.69, 9.17) is 0 Å². The molecule has 0 fully saturated rings. The van der Waals surface area contributed by atoms with Crippen molar-refractivity contribution in [3.8, 4) is 0 Å². The van der Waals surface area contributed by atoms with Gasteiger partial charge in [0.05, 0.1) is 6.61 Å². The van der Waals surface area contributed by atoms with Gasteiger partial charge in [-0.15, -0.1) is 0 Å². The Balaban J connectivity index is 4.25. The summed E-state index contributed by atoms with van der Waals surface area (Å²) in [4.78, 5) is 0. The Morgan fingerprint density at radius 1 is 1.07 bits per heavy atom. The van der Waals surface area contributed by atoms with Gasteiger partial charge >= 0.3 is 0 Å². The Kier molecular flexibility index (Phi) is 5.28. The van der Waals surface area contributed by atoms with Crippen molar-refractivity contribution in [2.24, 2.45) is 16.7 Å². The van der Waals surface area contributed by atoms with Crippen LogP contribution in [0.15, 0.2) is 0 Å². The van der Waals surface area contributed by atoms with E-state index in [1.807, 2.05) is 0 Å². The largest absolute Gasteiger partial charge is 0.395 e. The van der Waals surface area contributed by atoms with Crippen molar-refractivity contribution in [3.05, 3.63) is 0 Å². The topological polar surface area (TPSA) is 32.3 Å². The normalized spacial score (nSPS) is 15.8. The van der Waals surface area contributed by atoms with Crippen LogP contribution in [0.25, 0.3) is 0 Å². The summed E-state index contributed by atoms with van der Waals surface area (Å²) in [5.74, 6) is 0.478. The first-order chi connectivity index (χ1) is 6.62. The Morgan fingerprint density at radius 2 is 1.53 bits per heavy atom. The number of aliphatic hydroxyl groups is 1. The Bertz CT molecular complexity index is 179. The van der Waals surface area contributed by atoms with E-state index in [0.29, 0.717) is 5.92 Å². The molecule has 92 valence electrons. The number of hydrogen-bond acceptors (Lipinski definition) is 2. The minimum Gasteiger partial charge on any atom is -0.395 e. The summed E-state index contributed by atoms with van der Waals surface area (Å²) in [7, 11) is 0. The zero-order valence-corrected chi connectivity index (χ0v) is 11.5.